The first kappa shape index (κ1) is 10.7. The van der Waals surface area contributed by atoms with Crippen LogP contribution in [0.3, 0.4) is 0 Å². The first-order valence-electron chi connectivity index (χ1n) is 4.96. The van der Waals surface area contributed by atoms with Gasteiger partial charge in [-0.25, -0.2) is 4.39 Å². The van der Waals surface area contributed by atoms with E-state index in [9.17, 15) is 9.18 Å². The molecule has 0 aromatic heterocycles. The van der Waals surface area contributed by atoms with Crippen LogP contribution in [0.1, 0.15) is 47.0 Å². The second-order valence-corrected chi connectivity index (χ2v) is 5.47. The highest BCUT2D eigenvalue weighted by molar-refractivity contribution is 5.86. The number of carbonyl (C=O) groups is 1. The Morgan fingerprint density at radius 3 is 2.31 bits per heavy atom. The monoisotopic (exact) mass is 186 g/mol. The van der Waals surface area contributed by atoms with Gasteiger partial charge in [0.15, 0.2) is 0 Å². The fourth-order valence-corrected chi connectivity index (χ4v) is 2.03. The second kappa shape index (κ2) is 3.07. The zero-order valence-electron chi connectivity index (χ0n) is 8.98. The lowest BCUT2D eigenvalue weighted by Gasteiger charge is -2.21. The second-order valence-electron chi connectivity index (χ2n) is 5.47. The van der Waals surface area contributed by atoms with E-state index >= 15 is 0 Å². The van der Waals surface area contributed by atoms with Crippen molar-refractivity contribution in [3.8, 4) is 0 Å². The molecule has 0 spiro atoms. The maximum Gasteiger partial charge on any atom is 0.141 e. The van der Waals surface area contributed by atoms with Gasteiger partial charge in [-0.3, -0.25) is 4.79 Å². The molecule has 0 aromatic rings. The lowest BCUT2D eigenvalue weighted by atomic mass is 9.82. The van der Waals surface area contributed by atoms with Crippen LogP contribution in [0.25, 0.3) is 0 Å². The largest absolute Gasteiger partial charge is 0.299 e. The SMILES string of the molecule is CC1(F)CCC(C(=O)C(C)(C)C)C1. The minimum absolute atomic E-state index is 0.0463. The highest BCUT2D eigenvalue weighted by Crippen LogP contribution is 2.40. The molecule has 0 bridgehead atoms. The Labute approximate surface area is 79.7 Å². The molecular formula is C11H19FO. The summed E-state index contributed by atoms with van der Waals surface area (Å²) in [5, 5.41) is 0. The Bertz CT molecular complexity index is 213. The van der Waals surface area contributed by atoms with E-state index in [1.165, 1.54) is 0 Å². The van der Waals surface area contributed by atoms with E-state index in [-0.39, 0.29) is 17.1 Å². The normalized spacial score (nSPS) is 35.0. The number of rotatable bonds is 1. The molecule has 1 aliphatic rings. The van der Waals surface area contributed by atoms with Gasteiger partial charge < -0.3 is 0 Å². The van der Waals surface area contributed by atoms with Gasteiger partial charge in [0.05, 0.1) is 0 Å². The molecule has 1 aliphatic carbocycles. The lowest BCUT2D eigenvalue weighted by Crippen LogP contribution is -2.28. The summed E-state index contributed by atoms with van der Waals surface area (Å²) in [6.45, 7) is 7.32. The summed E-state index contributed by atoms with van der Waals surface area (Å²) < 4.78 is 13.5. The summed E-state index contributed by atoms with van der Waals surface area (Å²) in [5.74, 6) is 0.170. The van der Waals surface area contributed by atoms with Crippen molar-refractivity contribution in [3.63, 3.8) is 0 Å². The number of alkyl halides is 1. The summed E-state index contributed by atoms with van der Waals surface area (Å²) in [7, 11) is 0. The summed E-state index contributed by atoms with van der Waals surface area (Å²) in [5.41, 5.74) is -1.42. The number of carbonyl (C=O) groups excluding carboxylic acids is 1. The molecule has 0 radical (unpaired) electrons. The smallest absolute Gasteiger partial charge is 0.141 e. The van der Waals surface area contributed by atoms with Crippen LogP contribution in [-0.4, -0.2) is 11.5 Å². The van der Waals surface area contributed by atoms with Crippen LogP contribution in [0.4, 0.5) is 4.39 Å². The Hall–Kier alpha value is -0.400. The Morgan fingerprint density at radius 1 is 1.46 bits per heavy atom. The Kier molecular flexibility index (Phi) is 2.52. The van der Waals surface area contributed by atoms with Crippen LogP contribution in [0.2, 0.25) is 0 Å². The van der Waals surface area contributed by atoms with Crippen LogP contribution in [0.15, 0.2) is 0 Å². The quantitative estimate of drug-likeness (QED) is 0.615. The van der Waals surface area contributed by atoms with Crippen molar-refractivity contribution in [2.45, 2.75) is 52.6 Å². The molecule has 0 saturated heterocycles. The number of halogens is 1. The van der Waals surface area contributed by atoms with Crippen molar-refractivity contribution >= 4 is 5.78 Å². The van der Waals surface area contributed by atoms with Gasteiger partial charge in [-0.1, -0.05) is 20.8 Å². The molecule has 1 saturated carbocycles. The zero-order chi connectivity index (χ0) is 10.3. The van der Waals surface area contributed by atoms with Gasteiger partial charge in [0.1, 0.15) is 11.5 Å². The molecule has 0 N–H and O–H groups in total. The highest BCUT2D eigenvalue weighted by atomic mass is 19.1. The molecule has 0 aromatic carbocycles. The first-order chi connectivity index (χ1) is 5.72. The molecule has 2 atom stereocenters. The van der Waals surface area contributed by atoms with Crippen molar-refractivity contribution in [3.05, 3.63) is 0 Å². The predicted molar refractivity (Wildman–Crippen MR) is 51.3 cm³/mol. The molecule has 2 heteroatoms. The van der Waals surface area contributed by atoms with E-state index in [1.54, 1.807) is 6.92 Å². The third kappa shape index (κ3) is 2.52. The van der Waals surface area contributed by atoms with E-state index in [4.69, 9.17) is 0 Å². The number of hydrogen-bond acceptors (Lipinski definition) is 1. The molecule has 1 rings (SSSR count). The standard InChI is InChI=1S/C11H19FO/c1-10(2,3)9(13)8-5-6-11(4,12)7-8/h8H,5-7H2,1-4H3. The molecule has 0 aliphatic heterocycles. The first-order valence-corrected chi connectivity index (χ1v) is 4.96. The summed E-state index contributed by atoms with van der Waals surface area (Å²) in [6.07, 6.45) is 1.69. The van der Waals surface area contributed by atoms with Crippen LogP contribution >= 0.6 is 0 Å². The lowest BCUT2D eigenvalue weighted by molar-refractivity contribution is -0.130. The maximum absolute atomic E-state index is 13.5. The molecule has 2 unspecified atom stereocenters. The highest BCUT2D eigenvalue weighted by Gasteiger charge is 2.41. The van der Waals surface area contributed by atoms with Crippen LogP contribution in [0.5, 0.6) is 0 Å². The van der Waals surface area contributed by atoms with E-state index in [2.05, 4.69) is 0 Å². The fraction of sp³-hybridized carbons (Fsp3) is 0.909. The van der Waals surface area contributed by atoms with Crippen molar-refractivity contribution in [2.24, 2.45) is 11.3 Å². The van der Waals surface area contributed by atoms with Gasteiger partial charge in [0.25, 0.3) is 0 Å². The van der Waals surface area contributed by atoms with Crippen molar-refractivity contribution in [2.75, 3.05) is 0 Å². The van der Waals surface area contributed by atoms with Crippen LogP contribution in [-0.2, 0) is 4.79 Å². The minimum Gasteiger partial charge on any atom is -0.299 e. The van der Waals surface area contributed by atoms with Gasteiger partial charge in [-0.15, -0.1) is 0 Å². The average molecular weight is 186 g/mol. The third-order valence-electron chi connectivity index (χ3n) is 2.80. The predicted octanol–water partition coefficient (Wildman–Crippen LogP) is 3.13. The Balaban J connectivity index is 2.62. The Morgan fingerprint density at radius 2 is 2.00 bits per heavy atom. The molecule has 0 amide bonds. The van der Waals surface area contributed by atoms with Crippen molar-refractivity contribution < 1.29 is 9.18 Å². The van der Waals surface area contributed by atoms with Crippen molar-refractivity contribution in [1.29, 1.82) is 0 Å². The summed E-state index contributed by atoms with van der Waals surface area (Å²) >= 11 is 0. The van der Waals surface area contributed by atoms with Crippen LogP contribution in [0, 0.1) is 11.3 Å². The van der Waals surface area contributed by atoms with Crippen LogP contribution < -0.4 is 0 Å². The number of hydrogen-bond donors (Lipinski definition) is 0. The van der Waals surface area contributed by atoms with Gasteiger partial charge in [-0.05, 0) is 26.2 Å². The molecule has 76 valence electrons. The van der Waals surface area contributed by atoms with Crippen molar-refractivity contribution in [1.82, 2.24) is 0 Å². The molecule has 0 heterocycles. The summed E-state index contributed by atoms with van der Waals surface area (Å²) in [4.78, 5) is 11.8. The average Bonchev–Trinajstić information content (AvgIpc) is 2.26. The van der Waals surface area contributed by atoms with Gasteiger partial charge in [0.2, 0.25) is 0 Å². The maximum atomic E-state index is 13.5. The van der Waals surface area contributed by atoms with Gasteiger partial charge in [0, 0.05) is 11.3 Å². The molecule has 13 heavy (non-hydrogen) atoms. The van der Waals surface area contributed by atoms with E-state index in [0.717, 1.165) is 6.42 Å². The van der Waals surface area contributed by atoms with Gasteiger partial charge in [-0.2, -0.15) is 0 Å². The van der Waals surface area contributed by atoms with E-state index in [1.807, 2.05) is 20.8 Å². The molecule has 1 fully saturated rings. The zero-order valence-corrected chi connectivity index (χ0v) is 8.98. The minimum atomic E-state index is -1.11. The number of Topliss-reactive ketones (excluding diaryl/α,β-unsaturated/α-hetero) is 1. The summed E-state index contributed by atoms with van der Waals surface area (Å²) in [6, 6.07) is 0. The topological polar surface area (TPSA) is 17.1 Å². The number of ketones is 1. The molecule has 1 nitrogen and oxygen atoms in total. The fourth-order valence-electron chi connectivity index (χ4n) is 2.03. The van der Waals surface area contributed by atoms with E-state index in [0.29, 0.717) is 12.8 Å². The third-order valence-corrected chi connectivity index (χ3v) is 2.80. The van der Waals surface area contributed by atoms with E-state index < -0.39 is 5.67 Å². The molecular weight excluding hydrogens is 167 g/mol. The van der Waals surface area contributed by atoms with Gasteiger partial charge >= 0.3 is 0 Å².